The van der Waals surface area contributed by atoms with Crippen LogP contribution in [-0.4, -0.2) is 36.6 Å². The van der Waals surface area contributed by atoms with Crippen molar-refractivity contribution in [2.45, 2.75) is 25.7 Å². The van der Waals surface area contributed by atoms with Crippen LogP contribution in [0.25, 0.3) is 12.2 Å². The Labute approximate surface area is 304 Å². The van der Waals surface area contributed by atoms with Crippen molar-refractivity contribution in [3.8, 4) is 34.5 Å². The summed E-state index contributed by atoms with van der Waals surface area (Å²) in [4.78, 5) is 0. The van der Waals surface area contributed by atoms with E-state index in [4.69, 9.17) is 18.9 Å². The van der Waals surface area contributed by atoms with Crippen LogP contribution in [0.4, 0.5) is 0 Å². The maximum atomic E-state index is 11.7. The van der Waals surface area contributed by atoms with Crippen molar-refractivity contribution in [3.63, 3.8) is 0 Å². The van der Waals surface area contributed by atoms with E-state index in [1.807, 2.05) is 121 Å². The lowest BCUT2D eigenvalue weighted by atomic mass is 9.91. The van der Waals surface area contributed by atoms with Crippen molar-refractivity contribution in [2.75, 3.05) is 26.4 Å². The van der Waals surface area contributed by atoms with Crippen LogP contribution in [0.2, 0.25) is 0 Å². The van der Waals surface area contributed by atoms with Gasteiger partial charge in [0.1, 0.15) is 60.9 Å². The normalized spacial score (nSPS) is 14.8. The Morgan fingerprint density at radius 2 is 0.615 bits per heavy atom. The molecule has 52 heavy (non-hydrogen) atoms. The summed E-state index contributed by atoms with van der Waals surface area (Å²) in [6, 6.07) is 40.0. The zero-order chi connectivity index (χ0) is 35.3. The van der Waals surface area contributed by atoms with Crippen LogP contribution in [0.15, 0.2) is 121 Å². The summed E-state index contributed by atoms with van der Waals surface area (Å²) < 4.78 is 25.3. The minimum atomic E-state index is 0.260. The molecule has 6 heterocycles. The Kier molecular flexibility index (Phi) is 9.53. The van der Waals surface area contributed by atoms with Crippen LogP contribution in [0, 0.1) is 0 Å². The summed E-state index contributed by atoms with van der Waals surface area (Å²) in [5.41, 5.74) is 9.12. The second-order valence-corrected chi connectivity index (χ2v) is 13.2. The van der Waals surface area contributed by atoms with Gasteiger partial charge in [0.05, 0.1) is 0 Å². The Balaban J connectivity index is 1.22. The van der Waals surface area contributed by atoms with Gasteiger partial charge in [0.2, 0.25) is 0 Å². The summed E-state index contributed by atoms with van der Waals surface area (Å²) >= 11 is 0. The fraction of sp³-hybridized carbons (Fsp3) is 0.174. The lowest BCUT2D eigenvalue weighted by molar-refractivity contribution is 0.215. The molecule has 6 nitrogen and oxygen atoms in total. The Hall–Kier alpha value is -6.14. The zero-order valence-electron chi connectivity index (χ0n) is 28.9. The number of ether oxygens (including phenoxy) is 4. The number of phenols is 2. The molecule has 0 saturated carbocycles. The SMILES string of the molecule is Oc1c2cccc1Cc1cccc3c1OCCOc1ccc(cc1)/C=C\c1ccc(cc1)OCCOc1c(cccc1Cc1cccc(c1O)C3)C2. The molecule has 14 bridgehead atoms. The van der Waals surface area contributed by atoms with Gasteiger partial charge in [-0.05, 0) is 79.9 Å². The average Bonchev–Trinajstić information content (AvgIpc) is 3.16. The van der Waals surface area contributed by atoms with Crippen molar-refractivity contribution in [2.24, 2.45) is 0 Å². The number of benzene rings is 6. The molecule has 0 atom stereocenters. The third kappa shape index (κ3) is 7.33. The van der Waals surface area contributed by atoms with Gasteiger partial charge in [0.15, 0.2) is 0 Å². The van der Waals surface area contributed by atoms with Crippen molar-refractivity contribution >= 4 is 12.2 Å². The number of phenolic OH excluding ortho intramolecular Hbond substituents is 2. The quantitative estimate of drug-likeness (QED) is 0.166. The first-order valence-corrected chi connectivity index (χ1v) is 17.8. The predicted octanol–water partition coefficient (Wildman–Crippen LogP) is 9.17. The van der Waals surface area contributed by atoms with Gasteiger partial charge < -0.3 is 29.2 Å². The second-order valence-electron chi connectivity index (χ2n) is 13.2. The molecular weight excluding hydrogens is 649 g/mol. The van der Waals surface area contributed by atoms with E-state index >= 15 is 0 Å². The number of hydrogen-bond donors (Lipinski definition) is 2. The third-order valence-corrected chi connectivity index (χ3v) is 9.71. The summed E-state index contributed by atoms with van der Waals surface area (Å²) in [7, 11) is 0. The largest absolute Gasteiger partial charge is 0.507 e. The molecule has 6 aliphatic heterocycles. The zero-order valence-corrected chi connectivity index (χ0v) is 28.9. The number of hydrogen-bond acceptors (Lipinski definition) is 6. The topological polar surface area (TPSA) is 77.4 Å². The Bertz CT molecular complexity index is 1980. The number of aromatic hydroxyl groups is 2. The van der Waals surface area contributed by atoms with E-state index in [-0.39, 0.29) is 11.5 Å². The van der Waals surface area contributed by atoms with Gasteiger partial charge in [0.25, 0.3) is 0 Å². The van der Waals surface area contributed by atoms with Crippen LogP contribution in [0.5, 0.6) is 34.5 Å². The first kappa shape index (κ1) is 33.0. The van der Waals surface area contributed by atoms with E-state index in [1.54, 1.807) is 0 Å². The van der Waals surface area contributed by atoms with Crippen LogP contribution >= 0.6 is 0 Å². The standard InChI is InChI=1S/C46H40O6/c47-43-33-5-1-6-34(43)28-38-10-4-12-40-30-36-8-2-7-35(44(36)48)29-39-11-3-9-37(27-33)45(39)51-25-23-49-41-19-15-31(16-20-41)13-14-32-17-21-42(22-18-32)50-24-26-52-46(38)40/h1-22,47-48H,23-30H2/b14-13-. The van der Waals surface area contributed by atoms with E-state index < -0.39 is 0 Å². The van der Waals surface area contributed by atoms with Crippen LogP contribution in [-0.2, 0) is 25.7 Å². The molecule has 7 aliphatic rings. The highest BCUT2D eigenvalue weighted by atomic mass is 16.5. The number of para-hydroxylation sites is 4. The summed E-state index contributed by atoms with van der Waals surface area (Å²) in [5.74, 6) is 3.51. The maximum Gasteiger partial charge on any atom is 0.126 e. The van der Waals surface area contributed by atoms with Gasteiger partial charge in [-0.15, -0.1) is 0 Å². The van der Waals surface area contributed by atoms with E-state index in [9.17, 15) is 10.2 Å². The van der Waals surface area contributed by atoms with E-state index in [0.29, 0.717) is 52.1 Å². The van der Waals surface area contributed by atoms with E-state index in [1.165, 1.54) is 0 Å². The monoisotopic (exact) mass is 688 g/mol. The molecule has 0 fully saturated rings. The molecule has 0 aromatic heterocycles. The maximum absolute atomic E-state index is 11.7. The van der Waals surface area contributed by atoms with Gasteiger partial charge in [-0.3, -0.25) is 0 Å². The van der Waals surface area contributed by atoms with Gasteiger partial charge in [-0.25, -0.2) is 0 Å². The first-order valence-electron chi connectivity index (χ1n) is 17.8. The Morgan fingerprint density at radius 1 is 0.327 bits per heavy atom. The molecule has 6 heteroatoms. The molecule has 0 spiro atoms. The summed E-state index contributed by atoms with van der Waals surface area (Å²) in [6.07, 6.45) is 6.01. The third-order valence-electron chi connectivity index (χ3n) is 9.71. The van der Waals surface area contributed by atoms with Crippen LogP contribution in [0.1, 0.15) is 55.6 Å². The fourth-order valence-corrected chi connectivity index (χ4v) is 7.03. The second kappa shape index (κ2) is 15.0. The molecule has 13 rings (SSSR count). The van der Waals surface area contributed by atoms with Gasteiger partial charge in [0, 0.05) is 25.7 Å². The van der Waals surface area contributed by atoms with Gasteiger partial charge >= 0.3 is 0 Å². The smallest absolute Gasteiger partial charge is 0.126 e. The van der Waals surface area contributed by atoms with Crippen molar-refractivity contribution in [3.05, 3.63) is 177 Å². The summed E-state index contributed by atoms with van der Waals surface area (Å²) in [5, 5.41) is 23.4. The highest BCUT2D eigenvalue weighted by Crippen LogP contribution is 2.38. The molecule has 1 aliphatic carbocycles. The first-order chi connectivity index (χ1) is 25.6. The average molecular weight is 689 g/mol. The van der Waals surface area contributed by atoms with Gasteiger partial charge in [-0.1, -0.05) is 109 Å². The molecule has 2 N–H and O–H groups in total. The highest BCUT2D eigenvalue weighted by molar-refractivity contribution is 5.70. The number of rotatable bonds is 0. The van der Waals surface area contributed by atoms with Crippen LogP contribution < -0.4 is 18.9 Å². The molecule has 6 aromatic rings. The highest BCUT2D eigenvalue weighted by Gasteiger charge is 2.20. The summed E-state index contributed by atoms with van der Waals surface area (Å²) in [6.45, 7) is 1.34. The van der Waals surface area contributed by atoms with Crippen molar-refractivity contribution < 1.29 is 29.2 Å². The minimum absolute atomic E-state index is 0.260. The predicted molar refractivity (Wildman–Crippen MR) is 204 cm³/mol. The lowest BCUT2D eigenvalue weighted by Gasteiger charge is -2.20. The molecule has 0 unspecified atom stereocenters. The van der Waals surface area contributed by atoms with E-state index in [2.05, 4.69) is 12.2 Å². The van der Waals surface area contributed by atoms with Gasteiger partial charge in [-0.2, -0.15) is 0 Å². The lowest BCUT2D eigenvalue weighted by Crippen LogP contribution is -2.12. The molecule has 6 aromatic carbocycles. The molecule has 260 valence electrons. The molecule has 0 radical (unpaired) electrons. The van der Waals surface area contributed by atoms with Crippen molar-refractivity contribution in [1.82, 2.24) is 0 Å². The Morgan fingerprint density at radius 3 is 0.942 bits per heavy atom. The van der Waals surface area contributed by atoms with Crippen molar-refractivity contribution in [1.29, 1.82) is 0 Å². The fourth-order valence-electron chi connectivity index (χ4n) is 7.03. The molecule has 0 amide bonds. The minimum Gasteiger partial charge on any atom is -0.507 e. The molecular formula is C46H40O6. The molecule has 0 saturated heterocycles. The van der Waals surface area contributed by atoms with Crippen LogP contribution in [0.3, 0.4) is 0 Å². The van der Waals surface area contributed by atoms with E-state index in [0.717, 1.165) is 78.6 Å².